The molecule has 16 heavy (non-hydrogen) atoms. The lowest BCUT2D eigenvalue weighted by atomic mass is 10.1. The molecule has 0 bridgehead atoms. The summed E-state index contributed by atoms with van der Waals surface area (Å²) in [7, 11) is 0. The third kappa shape index (κ3) is 2.34. The Bertz CT molecular complexity index is 390. The summed E-state index contributed by atoms with van der Waals surface area (Å²) in [6.07, 6.45) is 0. The van der Waals surface area contributed by atoms with E-state index in [2.05, 4.69) is 0 Å². The third-order valence-corrected chi connectivity index (χ3v) is 3.11. The summed E-state index contributed by atoms with van der Waals surface area (Å²) in [4.78, 5) is 0. The van der Waals surface area contributed by atoms with E-state index < -0.39 is 5.79 Å². The highest BCUT2D eigenvalue weighted by atomic mass is 35.5. The minimum Gasteiger partial charge on any atom is -0.344 e. The molecule has 88 valence electrons. The van der Waals surface area contributed by atoms with Gasteiger partial charge >= 0.3 is 0 Å². The van der Waals surface area contributed by atoms with Gasteiger partial charge in [0, 0.05) is 10.6 Å². The molecule has 0 saturated carbocycles. The molecule has 1 aromatic carbocycles. The van der Waals surface area contributed by atoms with Gasteiger partial charge in [0.25, 0.3) is 0 Å². The molecule has 1 saturated heterocycles. The van der Waals surface area contributed by atoms with Gasteiger partial charge in [-0.3, -0.25) is 0 Å². The molecule has 0 spiro atoms. The lowest BCUT2D eigenvalue weighted by Crippen LogP contribution is -2.46. The first kappa shape index (κ1) is 12.1. The van der Waals surface area contributed by atoms with Crippen LogP contribution in [0.2, 0.25) is 10.0 Å². The fourth-order valence-corrected chi connectivity index (χ4v) is 2.22. The molecule has 2 rings (SSSR count). The zero-order valence-electron chi connectivity index (χ0n) is 8.87. The molecule has 2 N–H and O–H groups in total. The van der Waals surface area contributed by atoms with Gasteiger partial charge in [-0.25, -0.2) is 0 Å². The predicted molar refractivity (Wildman–Crippen MR) is 63.7 cm³/mol. The zero-order chi connectivity index (χ0) is 11.8. The molecule has 1 heterocycles. The van der Waals surface area contributed by atoms with Crippen LogP contribution in [0.4, 0.5) is 0 Å². The highest BCUT2D eigenvalue weighted by molar-refractivity contribution is 6.35. The maximum atomic E-state index is 6.11. The van der Waals surface area contributed by atoms with Crippen molar-refractivity contribution < 1.29 is 9.47 Å². The maximum Gasteiger partial charge on any atom is 0.193 e. The van der Waals surface area contributed by atoms with Crippen molar-refractivity contribution in [2.45, 2.75) is 18.8 Å². The Morgan fingerprint density at radius 1 is 1.31 bits per heavy atom. The minimum absolute atomic E-state index is 0.0841. The maximum absolute atomic E-state index is 6.11. The summed E-state index contributed by atoms with van der Waals surface area (Å²) in [6, 6.07) is 5.15. The van der Waals surface area contributed by atoms with Crippen LogP contribution in [-0.2, 0) is 15.3 Å². The fourth-order valence-electron chi connectivity index (χ4n) is 1.64. The van der Waals surface area contributed by atoms with Crippen molar-refractivity contribution in [2.24, 2.45) is 5.73 Å². The monoisotopic (exact) mass is 261 g/mol. The van der Waals surface area contributed by atoms with Crippen LogP contribution in [0.5, 0.6) is 0 Å². The smallest absolute Gasteiger partial charge is 0.193 e. The van der Waals surface area contributed by atoms with Gasteiger partial charge in [-0.15, -0.1) is 0 Å². The van der Waals surface area contributed by atoms with E-state index in [0.29, 0.717) is 23.3 Å². The van der Waals surface area contributed by atoms with E-state index in [0.717, 1.165) is 5.56 Å². The quantitative estimate of drug-likeness (QED) is 0.845. The van der Waals surface area contributed by atoms with Gasteiger partial charge in [0.05, 0.1) is 24.3 Å². The van der Waals surface area contributed by atoms with Crippen molar-refractivity contribution in [3.05, 3.63) is 33.8 Å². The van der Waals surface area contributed by atoms with Crippen LogP contribution in [0.3, 0.4) is 0 Å². The number of hydrogen-bond acceptors (Lipinski definition) is 3. The summed E-state index contributed by atoms with van der Waals surface area (Å²) in [5, 5.41) is 1.12. The molecule has 0 unspecified atom stereocenters. The average molecular weight is 262 g/mol. The Labute approximate surface area is 104 Å². The zero-order valence-corrected chi connectivity index (χ0v) is 10.4. The highest BCUT2D eigenvalue weighted by Crippen LogP contribution is 2.35. The van der Waals surface area contributed by atoms with Gasteiger partial charge in [0.15, 0.2) is 5.79 Å². The van der Waals surface area contributed by atoms with Gasteiger partial charge in [-0.05, 0) is 19.1 Å². The standard InChI is InChI=1S/C11H13Cl2NO2/c1-11(15-5-8(14)6-16-11)9-3-2-7(12)4-10(9)13/h2-4,8H,5-6,14H2,1H3. The summed E-state index contributed by atoms with van der Waals surface area (Å²) >= 11 is 12.0. The summed E-state index contributed by atoms with van der Waals surface area (Å²) in [5.74, 6) is -0.836. The first-order valence-corrected chi connectivity index (χ1v) is 5.76. The second-order valence-electron chi connectivity index (χ2n) is 3.95. The van der Waals surface area contributed by atoms with Crippen LogP contribution in [0.1, 0.15) is 12.5 Å². The SMILES string of the molecule is CC1(c2ccc(Cl)cc2Cl)OCC(N)CO1. The summed E-state index contributed by atoms with van der Waals surface area (Å²) in [6.45, 7) is 2.74. The minimum atomic E-state index is -0.836. The molecule has 0 radical (unpaired) electrons. The van der Waals surface area contributed by atoms with Crippen molar-refractivity contribution >= 4 is 23.2 Å². The molecular weight excluding hydrogens is 249 g/mol. The number of hydrogen-bond donors (Lipinski definition) is 1. The van der Waals surface area contributed by atoms with E-state index in [1.807, 2.05) is 13.0 Å². The van der Waals surface area contributed by atoms with Crippen LogP contribution >= 0.6 is 23.2 Å². The van der Waals surface area contributed by atoms with E-state index in [9.17, 15) is 0 Å². The third-order valence-electron chi connectivity index (χ3n) is 2.57. The van der Waals surface area contributed by atoms with E-state index in [4.69, 9.17) is 38.4 Å². The molecule has 5 heteroatoms. The second kappa shape index (κ2) is 4.51. The summed E-state index contributed by atoms with van der Waals surface area (Å²) in [5.41, 5.74) is 6.46. The summed E-state index contributed by atoms with van der Waals surface area (Å²) < 4.78 is 11.2. The average Bonchev–Trinajstić information content (AvgIpc) is 2.22. The lowest BCUT2D eigenvalue weighted by molar-refractivity contribution is -0.269. The molecule has 0 aliphatic carbocycles. The van der Waals surface area contributed by atoms with Crippen LogP contribution in [0, 0.1) is 0 Å². The van der Waals surface area contributed by atoms with Gasteiger partial charge in [-0.1, -0.05) is 29.3 Å². The first-order chi connectivity index (χ1) is 7.51. The fraction of sp³-hybridized carbons (Fsp3) is 0.455. The van der Waals surface area contributed by atoms with Gasteiger partial charge in [0.2, 0.25) is 0 Å². The molecule has 3 nitrogen and oxygen atoms in total. The molecular formula is C11H13Cl2NO2. The van der Waals surface area contributed by atoms with Crippen molar-refractivity contribution in [2.75, 3.05) is 13.2 Å². The predicted octanol–water partition coefficient (Wildman–Crippen LogP) is 2.54. The first-order valence-electron chi connectivity index (χ1n) is 5.00. The Hall–Kier alpha value is -0.320. The number of nitrogens with two attached hydrogens (primary N) is 1. The van der Waals surface area contributed by atoms with E-state index in [-0.39, 0.29) is 6.04 Å². The van der Waals surface area contributed by atoms with Crippen molar-refractivity contribution in [3.63, 3.8) is 0 Å². The van der Waals surface area contributed by atoms with Crippen molar-refractivity contribution in [1.29, 1.82) is 0 Å². The van der Waals surface area contributed by atoms with Gasteiger partial charge < -0.3 is 15.2 Å². The highest BCUT2D eigenvalue weighted by Gasteiger charge is 2.35. The molecule has 0 atom stereocenters. The lowest BCUT2D eigenvalue weighted by Gasteiger charge is -2.37. The number of ether oxygens (including phenoxy) is 2. The van der Waals surface area contributed by atoms with Gasteiger partial charge in [-0.2, -0.15) is 0 Å². The van der Waals surface area contributed by atoms with Crippen LogP contribution in [0.15, 0.2) is 18.2 Å². The molecule has 1 fully saturated rings. The van der Waals surface area contributed by atoms with E-state index >= 15 is 0 Å². The molecule has 1 aliphatic heterocycles. The number of rotatable bonds is 1. The van der Waals surface area contributed by atoms with Crippen molar-refractivity contribution in [1.82, 2.24) is 0 Å². The number of benzene rings is 1. The van der Waals surface area contributed by atoms with Gasteiger partial charge in [0.1, 0.15) is 0 Å². The Morgan fingerprint density at radius 3 is 2.50 bits per heavy atom. The van der Waals surface area contributed by atoms with Crippen LogP contribution < -0.4 is 5.73 Å². The van der Waals surface area contributed by atoms with Crippen LogP contribution in [0.25, 0.3) is 0 Å². The normalized spacial score (nSPS) is 30.4. The molecule has 0 aromatic heterocycles. The molecule has 1 aliphatic rings. The Balaban J connectivity index is 2.29. The Morgan fingerprint density at radius 2 is 1.94 bits per heavy atom. The molecule has 1 aromatic rings. The van der Waals surface area contributed by atoms with Crippen LogP contribution in [-0.4, -0.2) is 19.3 Å². The topological polar surface area (TPSA) is 44.5 Å². The molecule has 0 amide bonds. The van der Waals surface area contributed by atoms with E-state index in [1.165, 1.54) is 0 Å². The Kier molecular flexibility index (Phi) is 3.42. The largest absolute Gasteiger partial charge is 0.344 e. The van der Waals surface area contributed by atoms with Crippen molar-refractivity contribution in [3.8, 4) is 0 Å². The second-order valence-corrected chi connectivity index (χ2v) is 4.80. The number of halogens is 2. The van der Waals surface area contributed by atoms with E-state index in [1.54, 1.807) is 12.1 Å².